The summed E-state index contributed by atoms with van der Waals surface area (Å²) >= 11 is 3.41. The number of hydrogen-bond donors (Lipinski definition) is 3. The number of rotatable bonds is 9. The number of nitrogens with zero attached hydrogens (tertiary/aromatic N) is 1. The number of ether oxygens (including phenoxy) is 2. The number of aliphatic hydroxyl groups excluding tert-OH is 1. The van der Waals surface area contributed by atoms with Crippen molar-refractivity contribution in [3.63, 3.8) is 0 Å². The Morgan fingerprint density at radius 2 is 2.12 bits per heavy atom. The molecule has 26 heavy (non-hydrogen) atoms. The minimum Gasteiger partial charge on any atom is -0.492 e. The smallest absolute Gasteiger partial charge is 0.191 e. The Balaban J connectivity index is 0.00000338. The largest absolute Gasteiger partial charge is 0.492 e. The molecule has 0 spiro atoms. The molecule has 6 nitrogen and oxygen atoms in total. The maximum atomic E-state index is 9.30. The van der Waals surface area contributed by atoms with Gasteiger partial charge in [0.05, 0.1) is 19.7 Å². The summed E-state index contributed by atoms with van der Waals surface area (Å²) in [6.45, 7) is 6.28. The highest BCUT2D eigenvalue weighted by Crippen LogP contribution is 2.32. The lowest BCUT2D eigenvalue weighted by Crippen LogP contribution is -2.40. The quantitative estimate of drug-likeness (QED) is 0.194. The van der Waals surface area contributed by atoms with Crippen LogP contribution < -0.4 is 15.4 Å². The van der Waals surface area contributed by atoms with Crippen molar-refractivity contribution in [1.82, 2.24) is 10.6 Å². The molecule has 8 heteroatoms. The van der Waals surface area contributed by atoms with E-state index >= 15 is 0 Å². The highest BCUT2D eigenvalue weighted by molar-refractivity contribution is 14.0. The molecule has 148 valence electrons. The molecular weight excluding hydrogens is 513 g/mol. The van der Waals surface area contributed by atoms with E-state index in [0.717, 1.165) is 42.2 Å². The van der Waals surface area contributed by atoms with Gasteiger partial charge in [-0.1, -0.05) is 15.9 Å². The lowest BCUT2D eigenvalue weighted by atomic mass is 9.84. The zero-order valence-corrected chi connectivity index (χ0v) is 19.1. The van der Waals surface area contributed by atoms with Gasteiger partial charge in [0, 0.05) is 29.6 Å². The van der Waals surface area contributed by atoms with Crippen LogP contribution in [0.5, 0.6) is 5.75 Å². The maximum Gasteiger partial charge on any atom is 0.191 e. The minimum absolute atomic E-state index is 0. The highest BCUT2D eigenvalue weighted by atomic mass is 127. The highest BCUT2D eigenvalue weighted by Gasteiger charge is 2.34. The molecule has 2 rings (SSSR count). The van der Waals surface area contributed by atoms with E-state index in [1.807, 2.05) is 31.2 Å². The molecule has 1 aliphatic rings. The molecule has 1 heterocycles. The van der Waals surface area contributed by atoms with E-state index in [0.29, 0.717) is 26.3 Å². The molecule has 3 N–H and O–H groups in total. The first kappa shape index (κ1) is 23.5. The Morgan fingerprint density at radius 3 is 2.73 bits per heavy atom. The summed E-state index contributed by atoms with van der Waals surface area (Å²) in [5.74, 6) is 1.61. The summed E-state index contributed by atoms with van der Waals surface area (Å²) in [4.78, 5) is 4.68. The van der Waals surface area contributed by atoms with E-state index in [9.17, 15) is 5.11 Å². The number of hydrogen-bond acceptors (Lipinski definition) is 4. The molecule has 0 aromatic heterocycles. The van der Waals surface area contributed by atoms with Gasteiger partial charge in [-0.05, 0) is 44.0 Å². The predicted octanol–water partition coefficient (Wildman–Crippen LogP) is 2.79. The fourth-order valence-electron chi connectivity index (χ4n) is 2.75. The first-order chi connectivity index (χ1) is 12.2. The number of aliphatic imine (C=N–C) groups is 1. The van der Waals surface area contributed by atoms with Crippen LogP contribution in [-0.2, 0) is 4.74 Å². The third kappa shape index (κ3) is 7.98. The van der Waals surface area contributed by atoms with E-state index in [1.165, 1.54) is 0 Å². The van der Waals surface area contributed by atoms with Crippen molar-refractivity contribution in [2.24, 2.45) is 10.4 Å². The van der Waals surface area contributed by atoms with E-state index < -0.39 is 0 Å². The van der Waals surface area contributed by atoms with Crippen molar-refractivity contribution in [3.8, 4) is 5.75 Å². The fourth-order valence-corrected chi connectivity index (χ4v) is 3.01. The molecule has 0 radical (unpaired) electrons. The fraction of sp³-hybridized carbons (Fsp3) is 0.611. The van der Waals surface area contributed by atoms with Gasteiger partial charge < -0.3 is 25.2 Å². The van der Waals surface area contributed by atoms with Gasteiger partial charge in [0.1, 0.15) is 12.4 Å². The maximum absolute atomic E-state index is 9.30. The average molecular weight is 542 g/mol. The summed E-state index contributed by atoms with van der Waals surface area (Å²) in [6.07, 6.45) is 1.67. The Hall–Kier alpha value is -0.580. The summed E-state index contributed by atoms with van der Waals surface area (Å²) in [5, 5.41) is 15.8. The molecule has 0 aliphatic carbocycles. The van der Waals surface area contributed by atoms with Gasteiger partial charge in [-0.15, -0.1) is 24.0 Å². The first-order valence-corrected chi connectivity index (χ1v) is 9.56. The molecule has 1 saturated heterocycles. The number of nitrogens with one attached hydrogen (secondary N) is 2. The van der Waals surface area contributed by atoms with Gasteiger partial charge in [0.2, 0.25) is 0 Å². The topological polar surface area (TPSA) is 75.1 Å². The summed E-state index contributed by atoms with van der Waals surface area (Å²) in [7, 11) is 0. The zero-order chi connectivity index (χ0) is 18.0. The second-order valence-electron chi connectivity index (χ2n) is 6.20. The van der Waals surface area contributed by atoms with Crippen molar-refractivity contribution < 1.29 is 14.6 Å². The number of aliphatic hydroxyl groups is 1. The lowest BCUT2D eigenvalue weighted by molar-refractivity contribution is 0.131. The molecule has 1 aromatic rings. The zero-order valence-electron chi connectivity index (χ0n) is 15.2. The van der Waals surface area contributed by atoms with Crippen molar-refractivity contribution in [3.05, 3.63) is 28.7 Å². The van der Waals surface area contributed by atoms with Gasteiger partial charge in [0.15, 0.2) is 5.96 Å². The van der Waals surface area contributed by atoms with Crippen molar-refractivity contribution in [1.29, 1.82) is 0 Å². The minimum atomic E-state index is -0.0367. The number of halogens is 2. The van der Waals surface area contributed by atoms with Crippen LogP contribution in [0.3, 0.4) is 0 Å². The monoisotopic (exact) mass is 541 g/mol. The molecule has 0 bridgehead atoms. The van der Waals surface area contributed by atoms with Crippen LogP contribution in [0.2, 0.25) is 0 Å². The molecule has 1 unspecified atom stereocenters. The predicted molar refractivity (Wildman–Crippen MR) is 119 cm³/mol. The SMILES string of the molecule is CCNC(=NCC1(CCO)CCOC1)NCCOc1ccc(Br)cc1.I. The van der Waals surface area contributed by atoms with Crippen LogP contribution in [-0.4, -0.2) is 57.1 Å². The van der Waals surface area contributed by atoms with Crippen molar-refractivity contribution in [2.45, 2.75) is 19.8 Å². The lowest BCUT2D eigenvalue weighted by Gasteiger charge is -2.24. The third-order valence-corrected chi connectivity index (χ3v) is 4.75. The molecule has 0 amide bonds. The van der Waals surface area contributed by atoms with Crippen molar-refractivity contribution in [2.75, 3.05) is 46.1 Å². The van der Waals surface area contributed by atoms with Gasteiger partial charge in [-0.3, -0.25) is 4.99 Å². The Labute approximate surface area is 181 Å². The number of guanidine groups is 1. The van der Waals surface area contributed by atoms with Crippen LogP contribution in [0.15, 0.2) is 33.7 Å². The molecule has 0 saturated carbocycles. The number of benzene rings is 1. The second-order valence-corrected chi connectivity index (χ2v) is 7.12. The van der Waals surface area contributed by atoms with E-state index in [-0.39, 0.29) is 36.0 Å². The standard InChI is InChI=1S/C18H28BrN3O3.HI/c1-2-20-17(22-13-18(7-10-23)8-11-24-14-18)21-9-12-25-16-5-3-15(19)4-6-16;/h3-6,23H,2,7-14H2,1H3,(H2,20,21,22);1H. The van der Waals surface area contributed by atoms with E-state index in [1.54, 1.807) is 0 Å². The van der Waals surface area contributed by atoms with Crippen LogP contribution in [0.1, 0.15) is 19.8 Å². The van der Waals surface area contributed by atoms with Crippen LogP contribution in [0.4, 0.5) is 0 Å². The van der Waals surface area contributed by atoms with Gasteiger partial charge in [-0.25, -0.2) is 0 Å². The summed E-state index contributed by atoms with van der Waals surface area (Å²) in [5.41, 5.74) is -0.0367. The van der Waals surface area contributed by atoms with Crippen LogP contribution >= 0.6 is 39.9 Å². The van der Waals surface area contributed by atoms with Gasteiger partial charge >= 0.3 is 0 Å². The molecule has 1 aromatic carbocycles. The molecule has 1 fully saturated rings. The van der Waals surface area contributed by atoms with Gasteiger partial charge in [0.25, 0.3) is 0 Å². The van der Waals surface area contributed by atoms with Crippen LogP contribution in [0.25, 0.3) is 0 Å². The summed E-state index contributed by atoms with van der Waals surface area (Å²) < 4.78 is 12.3. The Kier molecular flexibility index (Phi) is 11.5. The van der Waals surface area contributed by atoms with Crippen LogP contribution in [0, 0.1) is 5.41 Å². The van der Waals surface area contributed by atoms with E-state index in [2.05, 4.69) is 31.6 Å². The molecule has 1 atom stereocenters. The normalized spacial score (nSPS) is 19.7. The van der Waals surface area contributed by atoms with Crippen molar-refractivity contribution >= 4 is 45.9 Å². The third-order valence-electron chi connectivity index (χ3n) is 4.22. The Morgan fingerprint density at radius 1 is 1.35 bits per heavy atom. The van der Waals surface area contributed by atoms with E-state index in [4.69, 9.17) is 9.47 Å². The second kappa shape index (κ2) is 12.7. The van der Waals surface area contributed by atoms with Gasteiger partial charge in [-0.2, -0.15) is 0 Å². The average Bonchev–Trinajstić information content (AvgIpc) is 3.07. The molecular formula is C18H29BrIN3O3. The first-order valence-electron chi connectivity index (χ1n) is 8.76. The Bertz CT molecular complexity index is 537. The summed E-state index contributed by atoms with van der Waals surface area (Å²) in [6, 6.07) is 7.78. The molecule has 1 aliphatic heterocycles.